The molecule has 0 N–H and O–H groups in total. The number of amides is 1. The van der Waals surface area contributed by atoms with E-state index in [2.05, 4.69) is 24.0 Å². The van der Waals surface area contributed by atoms with Crippen LogP contribution in [0.1, 0.15) is 25.3 Å². The molecule has 4 rings (SSSR count). The van der Waals surface area contributed by atoms with Crippen molar-refractivity contribution in [2.75, 3.05) is 5.75 Å². The van der Waals surface area contributed by atoms with Gasteiger partial charge in [0.25, 0.3) is 5.56 Å². The topological polar surface area (TPSA) is 55.2 Å². The number of aromatic nitrogens is 2. The lowest BCUT2D eigenvalue weighted by Gasteiger charge is -2.29. The van der Waals surface area contributed by atoms with E-state index in [9.17, 15) is 9.59 Å². The molecule has 0 bridgehead atoms. The van der Waals surface area contributed by atoms with Crippen LogP contribution in [0.5, 0.6) is 0 Å². The number of thioether (sulfide) groups is 1. The molecule has 0 saturated heterocycles. The summed E-state index contributed by atoms with van der Waals surface area (Å²) in [4.78, 5) is 32.3. The van der Waals surface area contributed by atoms with Crippen LogP contribution in [0.15, 0.2) is 64.5 Å². The molecule has 150 valence electrons. The molecule has 1 atom stereocenters. The van der Waals surface area contributed by atoms with Crippen LogP contribution in [0.2, 0.25) is 0 Å². The van der Waals surface area contributed by atoms with Gasteiger partial charge in [-0.2, -0.15) is 0 Å². The third-order valence-electron chi connectivity index (χ3n) is 5.58. The molecule has 1 heterocycles. The zero-order valence-corrected chi connectivity index (χ0v) is 17.6. The highest BCUT2D eigenvalue weighted by atomic mass is 32.2. The number of hydrogen-bond donors (Lipinski definition) is 0. The van der Waals surface area contributed by atoms with Gasteiger partial charge in [-0.15, -0.1) is 0 Å². The Balaban J connectivity index is 1.52. The van der Waals surface area contributed by atoms with E-state index in [1.807, 2.05) is 41.3 Å². The Kier molecular flexibility index (Phi) is 5.72. The molecule has 1 saturated carbocycles. The van der Waals surface area contributed by atoms with Gasteiger partial charge in [-0.1, -0.05) is 54.2 Å². The van der Waals surface area contributed by atoms with Crippen molar-refractivity contribution in [3.8, 4) is 0 Å². The van der Waals surface area contributed by atoms with Gasteiger partial charge in [0, 0.05) is 19.6 Å². The minimum Gasteiger partial charge on any atom is -0.335 e. The van der Waals surface area contributed by atoms with Crippen molar-refractivity contribution in [2.24, 2.45) is 13.0 Å². The second-order valence-electron chi connectivity index (χ2n) is 7.65. The molecule has 6 heteroatoms. The second-order valence-corrected chi connectivity index (χ2v) is 8.59. The van der Waals surface area contributed by atoms with Crippen molar-refractivity contribution in [2.45, 2.75) is 37.5 Å². The molecule has 0 spiro atoms. The predicted octanol–water partition coefficient (Wildman–Crippen LogP) is 3.85. The van der Waals surface area contributed by atoms with E-state index < -0.39 is 0 Å². The summed E-state index contributed by atoms with van der Waals surface area (Å²) in [5.41, 5.74) is 1.71. The first kappa shape index (κ1) is 19.7. The van der Waals surface area contributed by atoms with E-state index in [1.165, 1.54) is 29.2 Å². The molecule has 29 heavy (non-hydrogen) atoms. The number of para-hydroxylation sites is 1. The SMILES string of the molecule is CC(C1CC1)N(Cc1ccccc1)C(=O)CSc1nc2ccccc2c(=O)n1C. The molecule has 1 fully saturated rings. The number of rotatable bonds is 7. The largest absolute Gasteiger partial charge is 0.335 e. The van der Waals surface area contributed by atoms with Gasteiger partial charge in [-0.3, -0.25) is 14.2 Å². The maximum atomic E-state index is 13.1. The average Bonchev–Trinajstić information content (AvgIpc) is 3.59. The molecule has 5 nitrogen and oxygen atoms in total. The van der Waals surface area contributed by atoms with Crippen molar-refractivity contribution in [1.29, 1.82) is 0 Å². The van der Waals surface area contributed by atoms with E-state index in [0.29, 0.717) is 28.5 Å². The van der Waals surface area contributed by atoms with Crippen molar-refractivity contribution >= 4 is 28.6 Å². The van der Waals surface area contributed by atoms with Gasteiger partial charge in [0.05, 0.1) is 16.7 Å². The first-order valence-corrected chi connectivity index (χ1v) is 10.9. The molecule has 1 unspecified atom stereocenters. The third-order valence-corrected chi connectivity index (χ3v) is 6.59. The van der Waals surface area contributed by atoms with Crippen LogP contribution in [0.4, 0.5) is 0 Å². The fourth-order valence-electron chi connectivity index (χ4n) is 3.61. The van der Waals surface area contributed by atoms with Gasteiger partial charge in [0.1, 0.15) is 0 Å². The Bertz CT molecular complexity index is 1080. The number of nitrogens with zero attached hydrogens (tertiary/aromatic N) is 3. The van der Waals surface area contributed by atoms with Crippen molar-refractivity contribution in [1.82, 2.24) is 14.5 Å². The molecule has 1 aliphatic carbocycles. The normalized spacial score (nSPS) is 14.7. The minimum absolute atomic E-state index is 0.0839. The molecule has 1 aromatic heterocycles. The van der Waals surface area contributed by atoms with E-state index >= 15 is 0 Å². The number of fused-ring (bicyclic) bond motifs is 1. The second kappa shape index (κ2) is 8.41. The maximum Gasteiger partial charge on any atom is 0.261 e. The highest BCUT2D eigenvalue weighted by molar-refractivity contribution is 7.99. The highest BCUT2D eigenvalue weighted by Crippen LogP contribution is 2.36. The van der Waals surface area contributed by atoms with Crippen molar-refractivity contribution in [3.05, 3.63) is 70.5 Å². The quantitative estimate of drug-likeness (QED) is 0.441. The summed E-state index contributed by atoms with van der Waals surface area (Å²) in [6.45, 7) is 2.76. The minimum atomic E-state index is -0.0851. The summed E-state index contributed by atoms with van der Waals surface area (Å²) in [7, 11) is 1.71. The van der Waals surface area contributed by atoms with Gasteiger partial charge in [0.2, 0.25) is 5.91 Å². The lowest BCUT2D eigenvalue weighted by Crippen LogP contribution is -2.40. The number of carbonyl (C=O) groups excluding carboxylic acids is 1. The smallest absolute Gasteiger partial charge is 0.261 e. The molecule has 0 aliphatic heterocycles. The van der Waals surface area contributed by atoms with Crippen molar-refractivity contribution < 1.29 is 4.79 Å². The number of carbonyl (C=O) groups is 1. The molecular formula is C23H25N3O2S. The zero-order chi connectivity index (χ0) is 20.4. The lowest BCUT2D eigenvalue weighted by molar-refractivity contribution is -0.131. The average molecular weight is 408 g/mol. The van der Waals surface area contributed by atoms with Gasteiger partial charge in [-0.05, 0) is 43.4 Å². The summed E-state index contributed by atoms with van der Waals surface area (Å²) in [6, 6.07) is 17.6. The van der Waals surface area contributed by atoms with Crippen LogP contribution in [0.25, 0.3) is 10.9 Å². The van der Waals surface area contributed by atoms with Crippen LogP contribution in [-0.2, 0) is 18.4 Å². The van der Waals surface area contributed by atoms with E-state index in [0.717, 1.165) is 5.56 Å². The van der Waals surface area contributed by atoms with E-state index in [4.69, 9.17) is 0 Å². The van der Waals surface area contributed by atoms with Crippen LogP contribution < -0.4 is 5.56 Å². The van der Waals surface area contributed by atoms with Gasteiger partial charge in [0.15, 0.2) is 5.16 Å². The Labute approximate surface area is 174 Å². The standard InChI is InChI=1S/C23H25N3O2S/c1-16(18-12-13-18)26(14-17-8-4-3-5-9-17)21(27)15-29-23-24-20-11-7-6-10-19(20)22(28)25(23)2/h3-11,16,18H,12-15H2,1-2H3. The molecule has 1 aliphatic rings. The zero-order valence-electron chi connectivity index (χ0n) is 16.7. The van der Waals surface area contributed by atoms with Crippen LogP contribution in [-0.4, -0.2) is 32.2 Å². The lowest BCUT2D eigenvalue weighted by atomic mass is 10.1. The Morgan fingerprint density at radius 2 is 1.86 bits per heavy atom. The first-order valence-electron chi connectivity index (χ1n) is 9.96. The Hall–Kier alpha value is -2.60. The van der Waals surface area contributed by atoms with Crippen LogP contribution in [0, 0.1) is 5.92 Å². The van der Waals surface area contributed by atoms with Gasteiger partial charge in [-0.25, -0.2) is 4.98 Å². The van der Waals surface area contributed by atoms with Crippen molar-refractivity contribution in [3.63, 3.8) is 0 Å². The fraction of sp³-hybridized carbons (Fsp3) is 0.348. The Morgan fingerprint density at radius 1 is 1.17 bits per heavy atom. The Morgan fingerprint density at radius 3 is 2.59 bits per heavy atom. The monoisotopic (exact) mass is 407 g/mol. The summed E-state index contributed by atoms with van der Waals surface area (Å²) in [5, 5.41) is 1.17. The fourth-order valence-corrected chi connectivity index (χ4v) is 4.47. The third kappa shape index (κ3) is 4.37. The van der Waals surface area contributed by atoms with Crippen LogP contribution in [0.3, 0.4) is 0 Å². The molecule has 1 amide bonds. The number of benzene rings is 2. The summed E-state index contributed by atoms with van der Waals surface area (Å²) in [5.74, 6) is 0.944. The summed E-state index contributed by atoms with van der Waals surface area (Å²) < 4.78 is 1.53. The highest BCUT2D eigenvalue weighted by Gasteiger charge is 2.34. The number of hydrogen-bond acceptors (Lipinski definition) is 4. The first-order chi connectivity index (χ1) is 14.0. The predicted molar refractivity (Wildman–Crippen MR) is 117 cm³/mol. The molecule has 2 aromatic carbocycles. The van der Waals surface area contributed by atoms with Crippen LogP contribution >= 0.6 is 11.8 Å². The van der Waals surface area contributed by atoms with Gasteiger partial charge < -0.3 is 4.90 Å². The summed E-state index contributed by atoms with van der Waals surface area (Å²) in [6.07, 6.45) is 2.38. The molecule has 0 radical (unpaired) electrons. The summed E-state index contributed by atoms with van der Waals surface area (Å²) >= 11 is 1.33. The molecular weight excluding hydrogens is 382 g/mol. The maximum absolute atomic E-state index is 13.1. The van der Waals surface area contributed by atoms with E-state index in [-0.39, 0.29) is 23.3 Å². The van der Waals surface area contributed by atoms with Gasteiger partial charge >= 0.3 is 0 Å². The molecule has 3 aromatic rings. The van der Waals surface area contributed by atoms with E-state index in [1.54, 1.807) is 13.1 Å².